The Morgan fingerprint density at radius 3 is 2.74 bits per heavy atom. The molecule has 0 aliphatic rings. The molecule has 0 heterocycles. The number of hydrogen-bond acceptors (Lipinski definition) is 4. The van der Waals surface area contributed by atoms with Crippen LogP contribution in [0, 0.1) is 5.82 Å². The van der Waals surface area contributed by atoms with Gasteiger partial charge in [0.2, 0.25) is 5.91 Å². The maximum absolute atomic E-state index is 13.2. The summed E-state index contributed by atoms with van der Waals surface area (Å²) in [6.45, 7) is 1.90. The molecule has 1 aromatic carbocycles. The first-order valence-corrected chi connectivity index (χ1v) is 5.94. The molecule has 0 aromatic heterocycles. The molecule has 0 aliphatic carbocycles. The van der Waals surface area contributed by atoms with Crippen LogP contribution in [0.15, 0.2) is 18.2 Å². The topological polar surface area (TPSA) is 81.4 Å². The highest BCUT2D eigenvalue weighted by Crippen LogP contribution is 2.18. The van der Waals surface area contributed by atoms with E-state index in [0.717, 1.165) is 18.6 Å². The summed E-state index contributed by atoms with van der Waals surface area (Å²) in [4.78, 5) is 23.3. The number of amides is 1. The van der Waals surface area contributed by atoms with Crippen molar-refractivity contribution in [1.82, 2.24) is 0 Å². The molecule has 1 aromatic rings. The van der Waals surface area contributed by atoms with E-state index in [0.29, 0.717) is 6.42 Å². The number of nitrogens with one attached hydrogen (secondary N) is 1. The van der Waals surface area contributed by atoms with Crippen molar-refractivity contribution in [3.8, 4) is 0 Å². The molecule has 1 amide bonds. The molecule has 0 radical (unpaired) electrons. The van der Waals surface area contributed by atoms with Gasteiger partial charge in [0.05, 0.1) is 24.4 Å². The lowest BCUT2D eigenvalue weighted by Gasteiger charge is -2.13. The van der Waals surface area contributed by atoms with Crippen LogP contribution >= 0.6 is 0 Å². The zero-order valence-electron chi connectivity index (χ0n) is 10.9. The molecule has 1 rings (SSSR count). The van der Waals surface area contributed by atoms with Gasteiger partial charge >= 0.3 is 5.97 Å². The third-order valence-electron chi connectivity index (χ3n) is 2.58. The van der Waals surface area contributed by atoms with Crippen LogP contribution in [0.4, 0.5) is 10.1 Å². The number of carbonyl (C=O) groups excluding carboxylic acids is 2. The summed E-state index contributed by atoms with van der Waals surface area (Å²) in [5, 5.41) is 2.45. The van der Waals surface area contributed by atoms with Gasteiger partial charge in [-0.15, -0.1) is 0 Å². The second-order valence-electron chi connectivity index (χ2n) is 4.07. The van der Waals surface area contributed by atoms with Crippen molar-refractivity contribution in [2.75, 3.05) is 12.4 Å². The smallest absolute Gasteiger partial charge is 0.339 e. The highest BCUT2D eigenvalue weighted by Gasteiger charge is 2.18. The Kier molecular flexibility index (Phi) is 5.44. The molecule has 1 atom stereocenters. The number of ether oxygens (including phenoxy) is 1. The molecule has 0 fully saturated rings. The molecular formula is C13H17FN2O3. The molecule has 0 spiro atoms. The maximum Gasteiger partial charge on any atom is 0.339 e. The van der Waals surface area contributed by atoms with Crippen LogP contribution in [-0.2, 0) is 9.53 Å². The summed E-state index contributed by atoms with van der Waals surface area (Å²) in [6, 6.07) is 2.73. The van der Waals surface area contributed by atoms with Gasteiger partial charge in [-0.05, 0) is 24.6 Å². The number of anilines is 1. The van der Waals surface area contributed by atoms with Crippen molar-refractivity contribution in [2.24, 2.45) is 5.73 Å². The van der Waals surface area contributed by atoms with E-state index in [1.807, 2.05) is 6.92 Å². The van der Waals surface area contributed by atoms with Crippen molar-refractivity contribution < 1.29 is 18.7 Å². The van der Waals surface area contributed by atoms with Gasteiger partial charge in [0.15, 0.2) is 0 Å². The maximum atomic E-state index is 13.2. The largest absolute Gasteiger partial charge is 0.465 e. The van der Waals surface area contributed by atoms with Crippen LogP contribution in [-0.4, -0.2) is 25.0 Å². The minimum atomic E-state index is -0.696. The fourth-order valence-corrected chi connectivity index (χ4v) is 1.58. The molecule has 1 unspecified atom stereocenters. The monoisotopic (exact) mass is 268 g/mol. The Hall–Kier alpha value is -1.95. The average Bonchev–Trinajstić information content (AvgIpc) is 2.38. The van der Waals surface area contributed by atoms with Crippen molar-refractivity contribution in [2.45, 2.75) is 25.8 Å². The lowest BCUT2D eigenvalue weighted by atomic mass is 10.1. The highest BCUT2D eigenvalue weighted by molar-refractivity contribution is 6.02. The van der Waals surface area contributed by atoms with Crippen LogP contribution in [0.3, 0.4) is 0 Å². The molecular weight excluding hydrogens is 251 g/mol. The van der Waals surface area contributed by atoms with Crippen LogP contribution in [0.2, 0.25) is 0 Å². The molecule has 5 nitrogen and oxygen atoms in total. The lowest BCUT2D eigenvalue weighted by molar-refractivity contribution is -0.117. The number of carbonyl (C=O) groups is 2. The van der Waals surface area contributed by atoms with Gasteiger partial charge in [0, 0.05) is 0 Å². The second-order valence-corrected chi connectivity index (χ2v) is 4.07. The summed E-state index contributed by atoms with van der Waals surface area (Å²) in [5.41, 5.74) is 5.79. The molecule has 19 heavy (non-hydrogen) atoms. The first-order valence-electron chi connectivity index (χ1n) is 5.94. The van der Waals surface area contributed by atoms with Gasteiger partial charge in [-0.25, -0.2) is 9.18 Å². The second kappa shape index (κ2) is 6.84. The minimum absolute atomic E-state index is 0.0587. The molecule has 104 valence electrons. The van der Waals surface area contributed by atoms with Crippen LogP contribution in [0.25, 0.3) is 0 Å². The fraction of sp³-hybridized carbons (Fsp3) is 0.385. The summed E-state index contributed by atoms with van der Waals surface area (Å²) in [5.74, 6) is -1.68. The van der Waals surface area contributed by atoms with Gasteiger partial charge in [-0.2, -0.15) is 0 Å². The SMILES string of the molecule is CCCC(N)C(=O)Nc1cc(F)ccc1C(=O)OC. The number of methoxy groups -OCH3 is 1. The minimum Gasteiger partial charge on any atom is -0.465 e. The van der Waals surface area contributed by atoms with Gasteiger partial charge in [0.1, 0.15) is 5.82 Å². The van der Waals surface area contributed by atoms with E-state index in [1.165, 1.54) is 13.2 Å². The van der Waals surface area contributed by atoms with Crippen molar-refractivity contribution in [1.29, 1.82) is 0 Å². The van der Waals surface area contributed by atoms with E-state index in [2.05, 4.69) is 10.1 Å². The van der Waals surface area contributed by atoms with Gasteiger partial charge < -0.3 is 15.8 Å². The Labute approximate surface area is 110 Å². The Balaban J connectivity index is 2.96. The Bertz CT molecular complexity index is 477. The normalized spacial score (nSPS) is 11.8. The van der Waals surface area contributed by atoms with Crippen LogP contribution < -0.4 is 11.1 Å². The standard InChI is InChI=1S/C13H17FN2O3/c1-3-4-10(15)12(17)16-11-7-8(14)5-6-9(11)13(18)19-2/h5-7,10H,3-4,15H2,1-2H3,(H,16,17). The van der Waals surface area contributed by atoms with Crippen LogP contribution in [0.1, 0.15) is 30.1 Å². The first kappa shape index (κ1) is 15.1. The number of esters is 1. The average molecular weight is 268 g/mol. The predicted molar refractivity (Wildman–Crippen MR) is 69.3 cm³/mol. The van der Waals surface area contributed by atoms with E-state index < -0.39 is 23.7 Å². The number of halogens is 1. The number of nitrogens with two attached hydrogens (primary N) is 1. The number of benzene rings is 1. The highest BCUT2D eigenvalue weighted by atomic mass is 19.1. The van der Waals surface area contributed by atoms with Crippen molar-refractivity contribution in [3.63, 3.8) is 0 Å². The summed E-state index contributed by atoms with van der Waals surface area (Å²) < 4.78 is 17.7. The Morgan fingerprint density at radius 2 is 2.16 bits per heavy atom. The van der Waals surface area contributed by atoms with E-state index >= 15 is 0 Å². The number of hydrogen-bond donors (Lipinski definition) is 2. The first-order chi connectivity index (χ1) is 8.99. The summed E-state index contributed by atoms with van der Waals surface area (Å²) in [7, 11) is 1.21. The third-order valence-corrected chi connectivity index (χ3v) is 2.58. The van der Waals surface area contributed by atoms with Gasteiger partial charge in [-0.3, -0.25) is 4.79 Å². The van der Waals surface area contributed by atoms with E-state index in [9.17, 15) is 14.0 Å². The molecule has 0 aliphatic heterocycles. The molecule has 0 saturated heterocycles. The fourth-order valence-electron chi connectivity index (χ4n) is 1.58. The Morgan fingerprint density at radius 1 is 1.47 bits per heavy atom. The summed E-state index contributed by atoms with van der Waals surface area (Å²) in [6.07, 6.45) is 1.26. The molecule has 6 heteroatoms. The molecule has 0 bridgehead atoms. The van der Waals surface area contributed by atoms with Crippen molar-refractivity contribution >= 4 is 17.6 Å². The lowest BCUT2D eigenvalue weighted by Crippen LogP contribution is -2.35. The number of rotatable bonds is 5. The van der Waals surface area contributed by atoms with Crippen LogP contribution in [0.5, 0.6) is 0 Å². The van der Waals surface area contributed by atoms with Gasteiger partial charge in [0.25, 0.3) is 0 Å². The summed E-state index contributed by atoms with van der Waals surface area (Å²) >= 11 is 0. The zero-order chi connectivity index (χ0) is 14.4. The predicted octanol–water partition coefficient (Wildman–Crippen LogP) is 1.68. The van der Waals surface area contributed by atoms with E-state index in [4.69, 9.17) is 5.73 Å². The van der Waals surface area contributed by atoms with E-state index in [1.54, 1.807) is 0 Å². The zero-order valence-corrected chi connectivity index (χ0v) is 10.9. The quantitative estimate of drug-likeness (QED) is 0.796. The van der Waals surface area contributed by atoms with Crippen molar-refractivity contribution in [3.05, 3.63) is 29.6 Å². The van der Waals surface area contributed by atoms with E-state index in [-0.39, 0.29) is 11.3 Å². The molecule has 3 N–H and O–H groups in total. The molecule has 0 saturated carbocycles. The van der Waals surface area contributed by atoms with Gasteiger partial charge in [-0.1, -0.05) is 13.3 Å². The third kappa shape index (κ3) is 4.03.